The fourth-order valence-corrected chi connectivity index (χ4v) is 10.0. The summed E-state index contributed by atoms with van der Waals surface area (Å²) >= 11 is 0. The maximum absolute atomic E-state index is 2.61. The summed E-state index contributed by atoms with van der Waals surface area (Å²) in [6.45, 7) is 23.8. The minimum Gasteiger partial charge on any atom is -0.201 e. The van der Waals surface area contributed by atoms with Gasteiger partial charge >= 0.3 is 0 Å². The molecule has 2 heterocycles. The molecule has 59 heavy (non-hydrogen) atoms. The fraction of sp³-hybridized carbons (Fsp3) is 0.268. The molecule has 0 fully saturated rings. The number of nitrogens with zero attached hydrogens (tertiary/aromatic N) is 1. The van der Waals surface area contributed by atoms with Crippen LogP contribution in [0.3, 0.4) is 0 Å². The van der Waals surface area contributed by atoms with E-state index in [0.29, 0.717) is 23.7 Å². The molecule has 0 bridgehead atoms. The Labute approximate surface area is 355 Å². The van der Waals surface area contributed by atoms with Gasteiger partial charge in [-0.05, 0) is 93.2 Å². The molecule has 294 valence electrons. The van der Waals surface area contributed by atoms with Gasteiger partial charge in [0.15, 0.2) is 6.20 Å². The number of aromatic nitrogens is 1. The highest BCUT2D eigenvalue weighted by molar-refractivity contribution is 7.11. The van der Waals surface area contributed by atoms with E-state index >= 15 is 0 Å². The second-order valence-corrected chi connectivity index (χ2v) is 18.5. The largest absolute Gasteiger partial charge is 0.240 e. The van der Waals surface area contributed by atoms with E-state index in [-0.39, 0.29) is 13.4 Å². The second-order valence-electron chi connectivity index (χ2n) is 18.5. The van der Waals surface area contributed by atoms with Crippen molar-refractivity contribution in [1.29, 1.82) is 0 Å². The first-order chi connectivity index (χ1) is 28.3. The van der Waals surface area contributed by atoms with Gasteiger partial charge in [-0.2, -0.15) is 0 Å². The standard InChI is InChI=1S/C56H60B2N/c1-35(2)45-30-43(41-20-14-12-15-21-41)31-46(36(3)4)55(45)57-50-24-18-19-25-51(50)58(53-34-49(40(10)29-52(53)57)54-28-39(9)26-27-59(54)11)56-47(37(5)6)32-44(33-48(56)38(7)8)42-22-16-13-17-23-42/h12-38H,1-11H3/q+1. The number of rotatable bonds is 9. The quantitative estimate of drug-likeness (QED) is 0.102. The highest BCUT2D eigenvalue weighted by atomic mass is 14.9. The maximum atomic E-state index is 2.61. The minimum absolute atomic E-state index is 0.0696. The molecule has 1 aliphatic rings. The summed E-state index contributed by atoms with van der Waals surface area (Å²) < 4.78 is 2.30. The van der Waals surface area contributed by atoms with Crippen LogP contribution in [0.4, 0.5) is 0 Å². The third kappa shape index (κ3) is 7.43. The first kappa shape index (κ1) is 40.4. The van der Waals surface area contributed by atoms with Crippen LogP contribution in [0.2, 0.25) is 0 Å². The molecule has 1 aromatic heterocycles. The molecular weight excluding hydrogens is 708 g/mol. The van der Waals surface area contributed by atoms with E-state index in [9.17, 15) is 0 Å². The first-order valence-electron chi connectivity index (χ1n) is 22.0. The highest BCUT2D eigenvalue weighted by Crippen LogP contribution is 2.32. The van der Waals surface area contributed by atoms with E-state index in [1.165, 1.54) is 99.7 Å². The van der Waals surface area contributed by atoms with Gasteiger partial charge in [0.2, 0.25) is 19.1 Å². The predicted molar refractivity (Wildman–Crippen MR) is 258 cm³/mol. The molecule has 7 aromatic rings. The topological polar surface area (TPSA) is 3.88 Å². The van der Waals surface area contributed by atoms with E-state index in [1.807, 2.05) is 0 Å². The van der Waals surface area contributed by atoms with Crippen LogP contribution in [0.1, 0.15) is 112 Å². The Bertz CT molecular complexity index is 2590. The molecule has 0 radical (unpaired) electrons. The summed E-state index contributed by atoms with van der Waals surface area (Å²) in [6.07, 6.45) is 2.22. The van der Waals surface area contributed by atoms with Crippen LogP contribution in [0.15, 0.2) is 140 Å². The van der Waals surface area contributed by atoms with Crippen molar-refractivity contribution in [3.8, 4) is 33.5 Å². The molecule has 0 unspecified atom stereocenters. The molecule has 0 atom stereocenters. The van der Waals surface area contributed by atoms with Crippen molar-refractivity contribution in [2.45, 2.75) is 92.9 Å². The lowest BCUT2D eigenvalue weighted by Crippen LogP contribution is -2.76. The number of fused-ring (bicyclic) bond motifs is 2. The highest BCUT2D eigenvalue weighted by Gasteiger charge is 2.43. The van der Waals surface area contributed by atoms with Gasteiger partial charge in [0, 0.05) is 17.7 Å². The lowest BCUT2D eigenvalue weighted by molar-refractivity contribution is -0.660. The third-order valence-electron chi connectivity index (χ3n) is 13.0. The van der Waals surface area contributed by atoms with Crippen LogP contribution in [0.25, 0.3) is 33.5 Å². The Kier molecular flexibility index (Phi) is 11.2. The van der Waals surface area contributed by atoms with E-state index in [2.05, 4.69) is 221 Å². The summed E-state index contributed by atoms with van der Waals surface area (Å²) in [7, 11) is 2.19. The van der Waals surface area contributed by atoms with Gasteiger partial charge in [0.25, 0.3) is 0 Å². The Morgan fingerprint density at radius 3 is 1.20 bits per heavy atom. The van der Waals surface area contributed by atoms with E-state index in [4.69, 9.17) is 0 Å². The zero-order valence-corrected chi connectivity index (χ0v) is 37.2. The fourth-order valence-electron chi connectivity index (χ4n) is 10.0. The summed E-state index contributed by atoms with van der Waals surface area (Å²) in [4.78, 5) is 0. The summed E-state index contributed by atoms with van der Waals surface area (Å²) in [5, 5.41) is 0. The van der Waals surface area contributed by atoms with Crippen LogP contribution >= 0.6 is 0 Å². The molecule has 1 aliphatic heterocycles. The van der Waals surface area contributed by atoms with Crippen LogP contribution in [0, 0.1) is 13.8 Å². The third-order valence-corrected chi connectivity index (χ3v) is 13.0. The number of benzene rings is 6. The van der Waals surface area contributed by atoms with Gasteiger partial charge in [-0.3, -0.25) is 0 Å². The summed E-state index contributed by atoms with van der Waals surface area (Å²) in [5.74, 6) is 1.36. The van der Waals surface area contributed by atoms with Gasteiger partial charge in [0.05, 0.1) is 0 Å². The normalized spacial score (nSPS) is 12.5. The van der Waals surface area contributed by atoms with Gasteiger partial charge < -0.3 is 0 Å². The molecule has 8 rings (SSSR count). The summed E-state index contributed by atoms with van der Waals surface area (Å²) in [5.41, 5.74) is 24.8. The number of hydrogen-bond donors (Lipinski definition) is 0. The molecular formula is C56H60B2N+. The Morgan fingerprint density at radius 2 is 0.797 bits per heavy atom. The van der Waals surface area contributed by atoms with Crippen molar-refractivity contribution in [2.75, 3.05) is 0 Å². The van der Waals surface area contributed by atoms with Crippen molar-refractivity contribution in [3.63, 3.8) is 0 Å². The molecule has 0 amide bonds. The Hall–Kier alpha value is -5.40. The first-order valence-corrected chi connectivity index (χ1v) is 22.0. The summed E-state index contributed by atoms with van der Waals surface area (Å²) in [6, 6.07) is 51.3. The zero-order chi connectivity index (χ0) is 41.7. The minimum atomic E-state index is 0.0696. The van der Waals surface area contributed by atoms with Gasteiger partial charge in [-0.15, -0.1) is 0 Å². The van der Waals surface area contributed by atoms with Crippen molar-refractivity contribution < 1.29 is 4.57 Å². The van der Waals surface area contributed by atoms with Crippen LogP contribution in [-0.4, -0.2) is 13.4 Å². The van der Waals surface area contributed by atoms with E-state index in [0.717, 1.165) is 0 Å². The lowest BCUT2D eigenvalue weighted by atomic mass is 9.19. The number of aryl methyl sites for hydroxylation is 3. The molecule has 1 nitrogen and oxygen atoms in total. The Balaban J connectivity index is 1.50. The van der Waals surface area contributed by atoms with Crippen molar-refractivity contribution >= 4 is 46.2 Å². The lowest BCUT2D eigenvalue weighted by Gasteiger charge is -2.37. The predicted octanol–water partition coefficient (Wildman–Crippen LogP) is 9.97. The zero-order valence-electron chi connectivity index (χ0n) is 37.2. The molecule has 0 spiro atoms. The van der Waals surface area contributed by atoms with Gasteiger partial charge in [0.1, 0.15) is 7.05 Å². The molecule has 0 saturated heterocycles. The van der Waals surface area contributed by atoms with Crippen LogP contribution in [0.5, 0.6) is 0 Å². The van der Waals surface area contributed by atoms with Gasteiger partial charge in [-0.25, -0.2) is 4.57 Å². The Morgan fingerprint density at radius 1 is 0.407 bits per heavy atom. The molecule has 0 N–H and O–H groups in total. The van der Waals surface area contributed by atoms with E-state index < -0.39 is 0 Å². The van der Waals surface area contributed by atoms with Crippen molar-refractivity contribution in [1.82, 2.24) is 0 Å². The number of pyridine rings is 1. The molecule has 6 aromatic carbocycles. The SMILES string of the molecule is Cc1cc[n+](C)c(-c2cc3c(cc2C)B(c2c(C(C)C)cc(-c4ccccc4)cc2C(C)C)c2ccccc2B3c2c(C(C)C)cc(-c3ccccc3)cc2C(C)C)c1. The van der Waals surface area contributed by atoms with Crippen LogP contribution < -0.4 is 37.3 Å². The van der Waals surface area contributed by atoms with E-state index in [1.54, 1.807) is 0 Å². The average Bonchev–Trinajstić information content (AvgIpc) is 3.23. The van der Waals surface area contributed by atoms with Crippen molar-refractivity contribution in [2.24, 2.45) is 7.05 Å². The average molecular weight is 769 g/mol. The van der Waals surface area contributed by atoms with Crippen LogP contribution in [-0.2, 0) is 7.05 Å². The maximum Gasteiger partial charge on any atom is 0.240 e. The van der Waals surface area contributed by atoms with Gasteiger partial charge in [-0.1, -0.05) is 209 Å². The molecule has 0 aliphatic carbocycles. The second kappa shape index (κ2) is 16.3. The number of hydrogen-bond acceptors (Lipinski definition) is 0. The smallest absolute Gasteiger partial charge is 0.201 e. The monoisotopic (exact) mass is 768 g/mol. The molecule has 3 heteroatoms. The van der Waals surface area contributed by atoms with Crippen molar-refractivity contribution in [3.05, 3.63) is 173 Å². The molecule has 0 saturated carbocycles.